The Bertz CT molecular complexity index is 612. The first-order valence-electron chi connectivity index (χ1n) is 8.37. The Morgan fingerprint density at radius 1 is 1.38 bits per heavy atom. The van der Waals surface area contributed by atoms with Gasteiger partial charge in [0.25, 0.3) is 5.91 Å². The van der Waals surface area contributed by atoms with Crippen LogP contribution in [0, 0.1) is 5.41 Å². The summed E-state index contributed by atoms with van der Waals surface area (Å²) in [5.41, 5.74) is -0.495. The topological polar surface area (TPSA) is 83.2 Å². The van der Waals surface area contributed by atoms with Crippen molar-refractivity contribution in [1.82, 2.24) is 9.80 Å². The number of carbonyl (C=O) groups excluding carboxylic acids is 2. The van der Waals surface area contributed by atoms with Crippen molar-refractivity contribution in [2.45, 2.75) is 25.9 Å². The fraction of sp³-hybridized carbons (Fsp3) is 0.647. The van der Waals surface area contributed by atoms with Gasteiger partial charge in [0, 0.05) is 33.3 Å². The normalized spacial score (nSPS) is 24.2. The summed E-state index contributed by atoms with van der Waals surface area (Å²) >= 11 is 0. The first kappa shape index (κ1) is 17.0. The van der Waals surface area contributed by atoms with E-state index in [-0.39, 0.29) is 24.2 Å². The third-order valence-electron chi connectivity index (χ3n) is 4.99. The maximum atomic E-state index is 12.8. The molecule has 3 rings (SSSR count). The van der Waals surface area contributed by atoms with Crippen molar-refractivity contribution in [2.75, 3.05) is 39.9 Å². The summed E-state index contributed by atoms with van der Waals surface area (Å²) in [7, 11) is 1.57. The van der Waals surface area contributed by atoms with Crippen molar-refractivity contribution in [3.05, 3.63) is 23.7 Å². The summed E-state index contributed by atoms with van der Waals surface area (Å²) in [4.78, 5) is 28.8. The summed E-state index contributed by atoms with van der Waals surface area (Å²) < 4.78 is 10.5. The number of nitrogens with zero attached hydrogens (tertiary/aromatic N) is 2. The molecule has 0 aromatic carbocycles. The van der Waals surface area contributed by atoms with E-state index in [9.17, 15) is 9.59 Å². The van der Waals surface area contributed by atoms with Crippen LogP contribution in [0.25, 0.3) is 0 Å². The van der Waals surface area contributed by atoms with Crippen LogP contribution >= 0.6 is 0 Å². The Morgan fingerprint density at radius 3 is 2.96 bits per heavy atom. The third-order valence-corrected chi connectivity index (χ3v) is 4.99. The van der Waals surface area contributed by atoms with Crippen molar-refractivity contribution < 1.29 is 23.8 Å². The second kappa shape index (κ2) is 6.94. The Labute approximate surface area is 141 Å². The van der Waals surface area contributed by atoms with Crippen LogP contribution in [-0.2, 0) is 16.1 Å². The molecule has 0 radical (unpaired) electrons. The second-order valence-electron chi connectivity index (χ2n) is 6.58. The SMILES string of the molecule is COCc1ccc(C(=O)N2CC[C@@]3(CCCN(CCO)C3=O)C2)o1. The lowest BCUT2D eigenvalue weighted by Crippen LogP contribution is -2.51. The number of piperidine rings is 1. The first-order valence-corrected chi connectivity index (χ1v) is 8.37. The van der Waals surface area contributed by atoms with E-state index in [0.717, 1.165) is 12.8 Å². The molecule has 2 amide bonds. The van der Waals surface area contributed by atoms with Gasteiger partial charge in [0.15, 0.2) is 5.76 Å². The summed E-state index contributed by atoms with van der Waals surface area (Å²) in [6, 6.07) is 3.39. The lowest BCUT2D eigenvalue weighted by Gasteiger charge is -2.39. The first-order chi connectivity index (χ1) is 11.6. The minimum absolute atomic E-state index is 0.0286. The van der Waals surface area contributed by atoms with Crippen LogP contribution in [0.3, 0.4) is 0 Å². The van der Waals surface area contributed by atoms with Gasteiger partial charge < -0.3 is 24.1 Å². The van der Waals surface area contributed by atoms with Gasteiger partial charge in [-0.1, -0.05) is 0 Å². The van der Waals surface area contributed by atoms with Gasteiger partial charge in [-0.05, 0) is 31.4 Å². The molecule has 2 saturated heterocycles. The van der Waals surface area contributed by atoms with Gasteiger partial charge in [0.2, 0.25) is 5.91 Å². The molecule has 2 fully saturated rings. The molecule has 2 aliphatic rings. The number of methoxy groups -OCH3 is 1. The highest BCUT2D eigenvalue weighted by Crippen LogP contribution is 2.40. The molecule has 1 spiro atoms. The molecule has 0 unspecified atom stereocenters. The highest BCUT2D eigenvalue weighted by atomic mass is 16.5. The van der Waals surface area contributed by atoms with Crippen molar-refractivity contribution in [1.29, 1.82) is 0 Å². The van der Waals surface area contributed by atoms with Crippen LogP contribution in [0.4, 0.5) is 0 Å². The zero-order valence-corrected chi connectivity index (χ0v) is 14.0. The molecule has 7 heteroatoms. The smallest absolute Gasteiger partial charge is 0.289 e. The van der Waals surface area contributed by atoms with Gasteiger partial charge in [-0.3, -0.25) is 9.59 Å². The molecule has 1 N–H and O–H groups in total. The van der Waals surface area contributed by atoms with E-state index < -0.39 is 5.41 Å². The van der Waals surface area contributed by atoms with Gasteiger partial charge in [-0.15, -0.1) is 0 Å². The molecule has 3 heterocycles. The number of aliphatic hydroxyl groups excluding tert-OH is 1. The highest BCUT2D eigenvalue weighted by molar-refractivity contribution is 5.93. The molecular weight excluding hydrogens is 312 g/mol. The van der Waals surface area contributed by atoms with Crippen molar-refractivity contribution in [3.63, 3.8) is 0 Å². The third kappa shape index (κ3) is 3.06. The van der Waals surface area contributed by atoms with E-state index in [2.05, 4.69) is 0 Å². The Kier molecular flexibility index (Phi) is 4.91. The van der Waals surface area contributed by atoms with Gasteiger partial charge in [-0.25, -0.2) is 0 Å². The fourth-order valence-corrected chi connectivity index (χ4v) is 3.78. The standard InChI is InChI=1S/C17H24N2O5/c1-23-11-13-3-4-14(24-13)15(21)19-8-6-17(12-19)5-2-7-18(9-10-20)16(17)22/h3-4,20H,2,5-12H2,1H3/t17-/m0/s1. The molecule has 0 bridgehead atoms. The van der Waals surface area contributed by atoms with Crippen molar-refractivity contribution >= 4 is 11.8 Å². The quantitative estimate of drug-likeness (QED) is 0.863. The van der Waals surface area contributed by atoms with Gasteiger partial charge in [-0.2, -0.15) is 0 Å². The van der Waals surface area contributed by atoms with Crippen LogP contribution < -0.4 is 0 Å². The van der Waals surface area contributed by atoms with Crippen LogP contribution in [0.5, 0.6) is 0 Å². The molecule has 1 atom stereocenters. The van der Waals surface area contributed by atoms with Crippen LogP contribution in [0.2, 0.25) is 0 Å². The number of likely N-dealkylation sites (tertiary alicyclic amines) is 2. The molecule has 7 nitrogen and oxygen atoms in total. The van der Waals surface area contributed by atoms with Gasteiger partial charge in [0.1, 0.15) is 12.4 Å². The summed E-state index contributed by atoms with van der Waals surface area (Å²) in [6.07, 6.45) is 2.38. The van der Waals surface area contributed by atoms with E-state index >= 15 is 0 Å². The zero-order chi connectivity index (χ0) is 17.2. The highest BCUT2D eigenvalue weighted by Gasteiger charge is 2.49. The predicted molar refractivity (Wildman–Crippen MR) is 85.3 cm³/mol. The second-order valence-corrected chi connectivity index (χ2v) is 6.58. The monoisotopic (exact) mass is 336 g/mol. The van der Waals surface area contributed by atoms with Gasteiger partial charge >= 0.3 is 0 Å². The Balaban J connectivity index is 1.69. The van der Waals surface area contributed by atoms with Crippen LogP contribution in [0.15, 0.2) is 16.5 Å². The van der Waals surface area contributed by atoms with Gasteiger partial charge in [0.05, 0.1) is 12.0 Å². The number of amides is 2. The number of furan rings is 1. The minimum atomic E-state index is -0.495. The van der Waals surface area contributed by atoms with Crippen molar-refractivity contribution in [3.8, 4) is 0 Å². The molecule has 0 aliphatic carbocycles. The van der Waals surface area contributed by atoms with E-state index in [4.69, 9.17) is 14.3 Å². The average Bonchev–Trinajstić information content (AvgIpc) is 3.20. The maximum absolute atomic E-state index is 12.8. The molecular formula is C17H24N2O5. The van der Waals surface area contributed by atoms with E-state index in [1.807, 2.05) is 0 Å². The minimum Gasteiger partial charge on any atom is -0.453 e. The number of aliphatic hydroxyl groups is 1. The maximum Gasteiger partial charge on any atom is 0.289 e. The van der Waals surface area contributed by atoms with Crippen LogP contribution in [-0.4, -0.2) is 66.6 Å². The number of hydrogen-bond acceptors (Lipinski definition) is 5. The number of carbonyl (C=O) groups is 2. The van der Waals surface area contributed by atoms with Crippen molar-refractivity contribution in [2.24, 2.45) is 5.41 Å². The fourth-order valence-electron chi connectivity index (χ4n) is 3.78. The van der Waals surface area contributed by atoms with E-state index in [0.29, 0.717) is 45.0 Å². The van der Waals surface area contributed by atoms with E-state index in [1.54, 1.807) is 29.0 Å². The van der Waals surface area contributed by atoms with Crippen LogP contribution in [0.1, 0.15) is 35.6 Å². The molecule has 2 aliphatic heterocycles. The zero-order valence-electron chi connectivity index (χ0n) is 14.0. The number of ether oxygens (including phenoxy) is 1. The molecule has 1 aromatic heterocycles. The largest absolute Gasteiger partial charge is 0.453 e. The molecule has 24 heavy (non-hydrogen) atoms. The Hall–Kier alpha value is -1.86. The number of β-amino-alcohol motifs (C(OH)–C–C–N with tert-alkyl or cyclic N) is 1. The summed E-state index contributed by atoms with van der Waals surface area (Å²) in [6.45, 7) is 2.33. The Morgan fingerprint density at radius 2 is 2.21 bits per heavy atom. The predicted octanol–water partition coefficient (Wildman–Crippen LogP) is 0.873. The number of rotatable bonds is 5. The number of hydrogen-bond donors (Lipinski definition) is 1. The lowest BCUT2D eigenvalue weighted by molar-refractivity contribution is -0.146. The summed E-state index contributed by atoms with van der Waals surface area (Å²) in [5.74, 6) is 0.783. The molecule has 0 saturated carbocycles. The lowest BCUT2D eigenvalue weighted by atomic mass is 9.78. The van der Waals surface area contributed by atoms with E-state index in [1.165, 1.54) is 0 Å². The molecule has 1 aromatic rings. The molecule has 132 valence electrons. The average molecular weight is 336 g/mol. The summed E-state index contributed by atoms with van der Waals surface area (Å²) in [5, 5.41) is 9.12.